The Bertz CT molecular complexity index is 881. The molecule has 0 atom stereocenters. The van der Waals surface area contributed by atoms with Crippen molar-refractivity contribution in [2.24, 2.45) is 0 Å². The molecule has 0 aliphatic carbocycles. The van der Waals surface area contributed by atoms with Crippen LogP contribution in [0.4, 0.5) is 0 Å². The highest BCUT2D eigenvalue weighted by Crippen LogP contribution is 2.26. The van der Waals surface area contributed by atoms with Crippen molar-refractivity contribution in [2.45, 2.75) is 32.6 Å². The standard InChI is InChI=1S/C21H22ClNO2/c1-14-18(19-13-17(22)11-12-20(19)23-14)6-4-3-5-15-7-9-16(10-8-15)21(24)25-2/h7-13,23H,3-6H2,1-2H3. The van der Waals surface area contributed by atoms with Gasteiger partial charge in [-0.3, -0.25) is 0 Å². The molecule has 1 N–H and O–H groups in total. The van der Waals surface area contributed by atoms with Gasteiger partial charge in [0, 0.05) is 21.6 Å². The van der Waals surface area contributed by atoms with Gasteiger partial charge in [-0.25, -0.2) is 4.79 Å². The normalized spacial score (nSPS) is 11.0. The van der Waals surface area contributed by atoms with Crippen LogP contribution in [-0.4, -0.2) is 18.1 Å². The molecule has 4 heteroatoms. The van der Waals surface area contributed by atoms with Gasteiger partial charge in [0.2, 0.25) is 0 Å². The topological polar surface area (TPSA) is 42.1 Å². The molecule has 25 heavy (non-hydrogen) atoms. The number of rotatable bonds is 6. The molecule has 1 aromatic heterocycles. The first-order chi connectivity index (χ1) is 12.1. The van der Waals surface area contributed by atoms with E-state index in [9.17, 15) is 4.79 Å². The number of H-pyrrole nitrogens is 1. The molecule has 3 rings (SSSR count). The lowest BCUT2D eigenvalue weighted by Crippen LogP contribution is -2.00. The molecule has 0 bridgehead atoms. The number of nitrogens with one attached hydrogen (secondary N) is 1. The minimum absolute atomic E-state index is 0.292. The molecule has 0 radical (unpaired) electrons. The van der Waals surface area contributed by atoms with Gasteiger partial charge in [0.1, 0.15) is 0 Å². The number of aromatic amines is 1. The molecule has 2 aromatic carbocycles. The van der Waals surface area contributed by atoms with E-state index in [1.807, 2.05) is 42.5 Å². The second kappa shape index (κ2) is 7.75. The SMILES string of the molecule is COC(=O)c1ccc(CCCCc2c(C)[nH]c3ccc(Cl)cc23)cc1. The molecular formula is C21H22ClNO2. The molecule has 0 fully saturated rings. The number of fused-ring (bicyclic) bond motifs is 1. The monoisotopic (exact) mass is 355 g/mol. The second-order valence-corrected chi connectivity index (χ2v) is 6.75. The van der Waals surface area contributed by atoms with Crippen LogP contribution in [0.3, 0.4) is 0 Å². The Hall–Kier alpha value is -2.26. The predicted octanol–water partition coefficient (Wildman–Crippen LogP) is 5.48. The zero-order valence-corrected chi connectivity index (χ0v) is 15.3. The number of methoxy groups -OCH3 is 1. The highest BCUT2D eigenvalue weighted by molar-refractivity contribution is 6.31. The Balaban J connectivity index is 1.58. The maximum Gasteiger partial charge on any atom is 0.337 e. The number of hydrogen-bond donors (Lipinski definition) is 1. The van der Waals surface area contributed by atoms with E-state index in [0.717, 1.165) is 36.2 Å². The number of halogens is 1. The van der Waals surface area contributed by atoms with E-state index in [0.29, 0.717) is 5.56 Å². The summed E-state index contributed by atoms with van der Waals surface area (Å²) in [5, 5.41) is 2.01. The summed E-state index contributed by atoms with van der Waals surface area (Å²) in [6.07, 6.45) is 4.25. The first-order valence-corrected chi connectivity index (χ1v) is 8.90. The summed E-state index contributed by atoms with van der Waals surface area (Å²) < 4.78 is 4.72. The lowest BCUT2D eigenvalue weighted by atomic mass is 10.0. The molecule has 130 valence electrons. The molecule has 0 aliphatic rings. The Morgan fingerprint density at radius 3 is 2.52 bits per heavy atom. The minimum Gasteiger partial charge on any atom is -0.465 e. The molecule has 0 unspecified atom stereocenters. The van der Waals surface area contributed by atoms with Crippen molar-refractivity contribution >= 4 is 28.5 Å². The van der Waals surface area contributed by atoms with Crippen molar-refractivity contribution < 1.29 is 9.53 Å². The van der Waals surface area contributed by atoms with Gasteiger partial charge in [-0.1, -0.05) is 23.7 Å². The highest BCUT2D eigenvalue weighted by Gasteiger charge is 2.09. The first-order valence-electron chi connectivity index (χ1n) is 8.52. The fraction of sp³-hybridized carbons (Fsp3) is 0.286. The zero-order valence-electron chi connectivity index (χ0n) is 14.6. The molecule has 0 saturated carbocycles. The number of benzene rings is 2. The maximum absolute atomic E-state index is 11.4. The molecule has 0 spiro atoms. The summed E-state index contributed by atoms with van der Waals surface area (Å²) in [4.78, 5) is 14.9. The molecule has 3 nitrogen and oxygen atoms in total. The van der Waals surface area contributed by atoms with Crippen molar-refractivity contribution in [3.8, 4) is 0 Å². The van der Waals surface area contributed by atoms with Crippen molar-refractivity contribution in [2.75, 3.05) is 7.11 Å². The quantitative estimate of drug-likeness (QED) is 0.469. The van der Waals surface area contributed by atoms with Crippen LogP contribution in [0.2, 0.25) is 5.02 Å². The molecular weight excluding hydrogens is 334 g/mol. The number of aryl methyl sites for hydroxylation is 3. The Morgan fingerprint density at radius 2 is 1.80 bits per heavy atom. The zero-order chi connectivity index (χ0) is 17.8. The minimum atomic E-state index is -0.292. The molecule has 0 aliphatic heterocycles. The lowest BCUT2D eigenvalue weighted by Gasteiger charge is -2.05. The van der Waals surface area contributed by atoms with Gasteiger partial charge in [-0.05, 0) is 74.1 Å². The van der Waals surface area contributed by atoms with E-state index in [-0.39, 0.29) is 5.97 Å². The van der Waals surface area contributed by atoms with Crippen LogP contribution in [0.25, 0.3) is 10.9 Å². The summed E-state index contributed by atoms with van der Waals surface area (Å²) in [5.74, 6) is -0.292. The lowest BCUT2D eigenvalue weighted by molar-refractivity contribution is 0.0600. The Kier molecular flexibility index (Phi) is 5.44. The van der Waals surface area contributed by atoms with Crippen molar-refractivity contribution in [3.63, 3.8) is 0 Å². The van der Waals surface area contributed by atoms with E-state index in [1.165, 1.54) is 29.3 Å². The van der Waals surface area contributed by atoms with Crippen LogP contribution >= 0.6 is 11.6 Å². The van der Waals surface area contributed by atoms with Gasteiger partial charge in [-0.15, -0.1) is 0 Å². The van der Waals surface area contributed by atoms with E-state index < -0.39 is 0 Å². The highest BCUT2D eigenvalue weighted by atomic mass is 35.5. The van der Waals surface area contributed by atoms with Gasteiger partial charge in [0.25, 0.3) is 0 Å². The fourth-order valence-corrected chi connectivity index (χ4v) is 3.41. The largest absolute Gasteiger partial charge is 0.465 e. The third-order valence-corrected chi connectivity index (χ3v) is 4.83. The fourth-order valence-electron chi connectivity index (χ4n) is 3.23. The van der Waals surface area contributed by atoms with E-state index in [2.05, 4.69) is 11.9 Å². The first kappa shape index (κ1) is 17.6. The molecule has 0 amide bonds. The van der Waals surface area contributed by atoms with Gasteiger partial charge >= 0.3 is 5.97 Å². The summed E-state index contributed by atoms with van der Waals surface area (Å²) in [5.41, 5.74) is 5.57. The van der Waals surface area contributed by atoms with Gasteiger partial charge in [0.05, 0.1) is 12.7 Å². The van der Waals surface area contributed by atoms with Crippen LogP contribution in [0.5, 0.6) is 0 Å². The number of ether oxygens (including phenoxy) is 1. The van der Waals surface area contributed by atoms with E-state index >= 15 is 0 Å². The van der Waals surface area contributed by atoms with Gasteiger partial charge < -0.3 is 9.72 Å². The predicted molar refractivity (Wildman–Crippen MR) is 102 cm³/mol. The third-order valence-electron chi connectivity index (χ3n) is 4.60. The number of hydrogen-bond acceptors (Lipinski definition) is 2. The molecule has 1 heterocycles. The van der Waals surface area contributed by atoms with Crippen LogP contribution in [0.15, 0.2) is 42.5 Å². The summed E-state index contributed by atoms with van der Waals surface area (Å²) in [6, 6.07) is 13.7. The van der Waals surface area contributed by atoms with E-state index in [4.69, 9.17) is 16.3 Å². The summed E-state index contributed by atoms with van der Waals surface area (Å²) in [7, 11) is 1.40. The maximum atomic E-state index is 11.4. The van der Waals surface area contributed by atoms with E-state index in [1.54, 1.807) is 0 Å². The van der Waals surface area contributed by atoms with Crippen molar-refractivity contribution in [1.29, 1.82) is 0 Å². The van der Waals surface area contributed by atoms with Crippen molar-refractivity contribution in [3.05, 3.63) is 69.9 Å². The average molecular weight is 356 g/mol. The van der Waals surface area contributed by atoms with Crippen LogP contribution in [0, 0.1) is 6.92 Å². The second-order valence-electron chi connectivity index (χ2n) is 6.31. The van der Waals surface area contributed by atoms with Crippen LogP contribution < -0.4 is 0 Å². The summed E-state index contributed by atoms with van der Waals surface area (Å²) in [6.45, 7) is 2.12. The number of aromatic nitrogens is 1. The smallest absolute Gasteiger partial charge is 0.337 e. The number of carbonyl (C=O) groups is 1. The van der Waals surface area contributed by atoms with Crippen LogP contribution in [-0.2, 0) is 17.6 Å². The number of esters is 1. The van der Waals surface area contributed by atoms with Gasteiger partial charge in [-0.2, -0.15) is 0 Å². The molecule has 3 aromatic rings. The Labute approximate surface area is 153 Å². The van der Waals surface area contributed by atoms with Gasteiger partial charge in [0.15, 0.2) is 0 Å². The Morgan fingerprint density at radius 1 is 1.08 bits per heavy atom. The number of unbranched alkanes of at least 4 members (excludes halogenated alkanes) is 1. The summed E-state index contributed by atoms with van der Waals surface area (Å²) >= 11 is 6.14. The average Bonchev–Trinajstić information content (AvgIpc) is 2.93. The van der Waals surface area contributed by atoms with Crippen molar-refractivity contribution in [1.82, 2.24) is 4.98 Å². The third kappa shape index (κ3) is 4.05. The molecule has 0 saturated heterocycles. The number of carbonyl (C=O) groups excluding carboxylic acids is 1. The van der Waals surface area contributed by atoms with Crippen LogP contribution in [0.1, 0.15) is 40.0 Å².